The van der Waals surface area contributed by atoms with E-state index in [1.165, 1.54) is 0 Å². The molecule has 72 valence electrons. The van der Waals surface area contributed by atoms with Crippen molar-refractivity contribution >= 4 is 21.5 Å². The Morgan fingerprint density at radius 2 is 2.54 bits per heavy atom. The molecule has 1 rings (SSSR count). The molecule has 1 aromatic rings. The normalized spacial score (nSPS) is 10.0. The van der Waals surface area contributed by atoms with Crippen molar-refractivity contribution < 1.29 is 10.0 Å². The Labute approximate surface area is 77.5 Å². The summed E-state index contributed by atoms with van der Waals surface area (Å²) in [5.74, 6) is 5.42. The lowest BCUT2D eigenvalue weighted by atomic mass is 10.7. The summed E-state index contributed by atoms with van der Waals surface area (Å²) in [4.78, 5) is 13.5. The number of aromatic nitrogens is 1. The molecular formula is C5H8N4O3S. The Morgan fingerprint density at radius 1 is 1.85 bits per heavy atom. The summed E-state index contributed by atoms with van der Waals surface area (Å²) in [7, 11) is 0. The first kappa shape index (κ1) is 9.84. The third-order valence-corrected chi connectivity index (χ3v) is 2.23. The first-order chi connectivity index (χ1) is 6.15. The number of hydrazine groups is 1. The minimum atomic E-state index is -0.534. The van der Waals surface area contributed by atoms with E-state index in [0.29, 0.717) is 5.13 Å². The number of nitrogens with two attached hydrogens (primary N) is 1. The van der Waals surface area contributed by atoms with Crippen molar-refractivity contribution in [1.82, 2.24) is 4.98 Å². The molecule has 0 atom stereocenters. The number of hydrogen-bond donors (Lipinski definition) is 2. The summed E-state index contributed by atoms with van der Waals surface area (Å²) < 4.78 is 0. The van der Waals surface area contributed by atoms with E-state index in [9.17, 15) is 10.1 Å². The van der Waals surface area contributed by atoms with Gasteiger partial charge in [-0.25, -0.2) is 10.8 Å². The highest BCUT2D eigenvalue weighted by atomic mass is 32.1. The summed E-state index contributed by atoms with van der Waals surface area (Å²) in [6.07, 6.45) is 1.14. The fraction of sp³-hybridized carbons (Fsp3) is 0.400. The van der Waals surface area contributed by atoms with Crippen molar-refractivity contribution in [1.29, 1.82) is 0 Å². The minimum absolute atomic E-state index is 0.0663. The first-order valence-corrected chi connectivity index (χ1v) is 4.20. The van der Waals surface area contributed by atoms with Crippen LogP contribution in [0.3, 0.4) is 0 Å². The van der Waals surface area contributed by atoms with Crippen molar-refractivity contribution in [3.05, 3.63) is 16.3 Å². The SMILES string of the molecule is NN(CCO)c1ncc([N+](=O)[O-])s1. The van der Waals surface area contributed by atoms with Gasteiger partial charge in [-0.2, -0.15) is 0 Å². The van der Waals surface area contributed by atoms with Crippen molar-refractivity contribution in [2.45, 2.75) is 0 Å². The van der Waals surface area contributed by atoms with Gasteiger partial charge in [0.1, 0.15) is 6.20 Å². The van der Waals surface area contributed by atoms with Gasteiger partial charge < -0.3 is 5.11 Å². The van der Waals surface area contributed by atoms with Crippen LogP contribution in [0, 0.1) is 10.1 Å². The van der Waals surface area contributed by atoms with Gasteiger partial charge in [0.05, 0.1) is 18.1 Å². The van der Waals surface area contributed by atoms with Crippen LogP contribution in [0.1, 0.15) is 0 Å². The predicted molar refractivity (Wildman–Crippen MR) is 47.4 cm³/mol. The van der Waals surface area contributed by atoms with Crippen LogP contribution in [0.2, 0.25) is 0 Å². The van der Waals surface area contributed by atoms with E-state index < -0.39 is 4.92 Å². The van der Waals surface area contributed by atoms with E-state index in [2.05, 4.69) is 4.98 Å². The van der Waals surface area contributed by atoms with Crippen LogP contribution in [-0.4, -0.2) is 28.2 Å². The number of hydrogen-bond acceptors (Lipinski definition) is 7. The molecule has 0 fully saturated rings. The smallest absolute Gasteiger partial charge is 0.345 e. The summed E-state index contributed by atoms with van der Waals surface area (Å²) in [5, 5.41) is 20.2. The van der Waals surface area contributed by atoms with Crippen LogP contribution in [-0.2, 0) is 0 Å². The molecule has 13 heavy (non-hydrogen) atoms. The summed E-state index contributed by atoms with van der Waals surface area (Å²) in [6.45, 7) is 0.0779. The fourth-order valence-electron chi connectivity index (χ4n) is 0.677. The molecule has 0 bridgehead atoms. The monoisotopic (exact) mass is 204 g/mol. The standard InChI is InChI=1S/C5H8N4O3S/c6-8(1-2-10)5-7-3-4(13-5)9(11)12/h3,10H,1-2,6H2. The zero-order valence-electron chi connectivity index (χ0n) is 6.58. The molecule has 0 saturated carbocycles. The maximum atomic E-state index is 10.3. The molecular weight excluding hydrogens is 196 g/mol. The predicted octanol–water partition coefficient (Wildman–Crippen LogP) is -0.276. The lowest BCUT2D eigenvalue weighted by Gasteiger charge is -2.11. The Hall–Kier alpha value is -1.25. The van der Waals surface area contributed by atoms with Gasteiger partial charge in [-0.15, -0.1) is 0 Å². The van der Waals surface area contributed by atoms with Crippen LogP contribution < -0.4 is 10.9 Å². The Bertz CT molecular complexity index is 302. The summed E-state index contributed by atoms with van der Waals surface area (Å²) >= 11 is 0.869. The Morgan fingerprint density at radius 3 is 3.00 bits per heavy atom. The second-order valence-electron chi connectivity index (χ2n) is 2.16. The topological polar surface area (TPSA) is 106 Å². The molecule has 1 heterocycles. The van der Waals surface area contributed by atoms with E-state index in [-0.39, 0.29) is 18.2 Å². The van der Waals surface area contributed by atoms with Crippen LogP contribution >= 0.6 is 11.3 Å². The number of nitro groups is 1. The molecule has 0 amide bonds. The van der Waals surface area contributed by atoms with E-state index in [0.717, 1.165) is 22.5 Å². The van der Waals surface area contributed by atoms with Gasteiger partial charge in [0.15, 0.2) is 0 Å². The van der Waals surface area contributed by atoms with Gasteiger partial charge >= 0.3 is 5.00 Å². The maximum Gasteiger partial charge on any atom is 0.345 e. The minimum Gasteiger partial charge on any atom is -0.394 e. The molecule has 0 unspecified atom stereocenters. The molecule has 0 saturated heterocycles. The van der Waals surface area contributed by atoms with Crippen molar-refractivity contribution in [3.63, 3.8) is 0 Å². The quantitative estimate of drug-likeness (QED) is 0.397. The van der Waals surface area contributed by atoms with Crippen LogP contribution in [0.25, 0.3) is 0 Å². The number of aliphatic hydroxyl groups is 1. The Kier molecular flexibility index (Phi) is 3.12. The van der Waals surface area contributed by atoms with Crippen LogP contribution in [0.4, 0.5) is 10.1 Å². The van der Waals surface area contributed by atoms with E-state index >= 15 is 0 Å². The van der Waals surface area contributed by atoms with E-state index in [1.807, 2.05) is 0 Å². The molecule has 8 heteroatoms. The molecule has 0 radical (unpaired) electrons. The lowest BCUT2D eigenvalue weighted by Crippen LogP contribution is -2.33. The molecule has 3 N–H and O–H groups in total. The highest BCUT2D eigenvalue weighted by molar-refractivity contribution is 7.18. The molecule has 7 nitrogen and oxygen atoms in total. The van der Waals surface area contributed by atoms with E-state index in [4.69, 9.17) is 10.9 Å². The van der Waals surface area contributed by atoms with Crippen molar-refractivity contribution in [2.24, 2.45) is 5.84 Å². The highest BCUT2D eigenvalue weighted by Gasteiger charge is 2.13. The van der Waals surface area contributed by atoms with Crippen molar-refractivity contribution in [3.8, 4) is 0 Å². The maximum absolute atomic E-state index is 10.3. The third kappa shape index (κ3) is 2.34. The summed E-state index contributed by atoms with van der Waals surface area (Å²) in [5.41, 5.74) is 0. The highest BCUT2D eigenvalue weighted by Crippen LogP contribution is 2.26. The number of aliphatic hydroxyl groups excluding tert-OH is 1. The Balaban J connectivity index is 2.73. The fourth-order valence-corrected chi connectivity index (χ4v) is 1.36. The second-order valence-corrected chi connectivity index (χ2v) is 3.14. The zero-order chi connectivity index (χ0) is 9.84. The van der Waals surface area contributed by atoms with Gasteiger partial charge in [0.25, 0.3) is 0 Å². The molecule has 0 spiro atoms. The van der Waals surface area contributed by atoms with Gasteiger partial charge in [-0.1, -0.05) is 0 Å². The van der Waals surface area contributed by atoms with E-state index in [1.54, 1.807) is 0 Å². The summed E-state index contributed by atoms with van der Waals surface area (Å²) in [6, 6.07) is 0. The average molecular weight is 204 g/mol. The van der Waals surface area contributed by atoms with Crippen LogP contribution in [0.5, 0.6) is 0 Å². The van der Waals surface area contributed by atoms with Gasteiger partial charge in [-0.3, -0.25) is 15.1 Å². The third-order valence-electron chi connectivity index (χ3n) is 1.25. The number of nitrogens with zero attached hydrogens (tertiary/aromatic N) is 3. The van der Waals surface area contributed by atoms with Gasteiger partial charge in [-0.05, 0) is 11.3 Å². The average Bonchev–Trinajstić information content (AvgIpc) is 2.52. The molecule has 0 aliphatic carbocycles. The molecule has 0 aliphatic heterocycles. The lowest BCUT2D eigenvalue weighted by molar-refractivity contribution is -0.380. The molecule has 1 aromatic heterocycles. The zero-order valence-corrected chi connectivity index (χ0v) is 7.40. The number of anilines is 1. The first-order valence-electron chi connectivity index (χ1n) is 3.38. The van der Waals surface area contributed by atoms with Crippen molar-refractivity contribution in [2.75, 3.05) is 18.2 Å². The molecule has 0 aliphatic rings. The molecule has 0 aromatic carbocycles. The number of thiazole rings is 1. The second kappa shape index (κ2) is 4.12. The van der Waals surface area contributed by atoms with Crippen LogP contribution in [0.15, 0.2) is 6.20 Å². The van der Waals surface area contributed by atoms with Gasteiger partial charge in [0.2, 0.25) is 5.13 Å². The largest absolute Gasteiger partial charge is 0.394 e. The van der Waals surface area contributed by atoms with Gasteiger partial charge in [0, 0.05) is 0 Å². The number of rotatable bonds is 4.